The van der Waals surface area contributed by atoms with Gasteiger partial charge in [0.05, 0.1) is 0 Å². The lowest BCUT2D eigenvalue weighted by atomic mass is 9.84. The van der Waals surface area contributed by atoms with Crippen LogP contribution in [0.25, 0.3) is 0 Å². The summed E-state index contributed by atoms with van der Waals surface area (Å²) < 4.78 is 5.89. The molecule has 0 saturated carbocycles. The molecule has 0 atom stereocenters. The average Bonchev–Trinajstić information content (AvgIpc) is 2.59. The molecule has 0 heterocycles. The Hall–Kier alpha value is -2.29. The molecule has 0 aromatic heterocycles. The predicted octanol–water partition coefficient (Wildman–Crippen LogP) is 4.07. The highest BCUT2D eigenvalue weighted by atomic mass is 16.5. The fourth-order valence-corrected chi connectivity index (χ4v) is 2.29. The van der Waals surface area contributed by atoms with E-state index in [1.165, 1.54) is 0 Å². The summed E-state index contributed by atoms with van der Waals surface area (Å²) >= 11 is 0. The number of carbonyl (C=O) groups excluding carboxylic acids is 1. The normalized spacial score (nSPS) is 11.1. The first kappa shape index (κ1) is 17.1. The van der Waals surface area contributed by atoms with Crippen LogP contribution in [0.5, 0.6) is 5.75 Å². The van der Waals surface area contributed by atoms with Gasteiger partial charge < -0.3 is 10.1 Å². The van der Waals surface area contributed by atoms with E-state index >= 15 is 0 Å². The van der Waals surface area contributed by atoms with Crippen molar-refractivity contribution in [2.24, 2.45) is 0 Å². The van der Waals surface area contributed by atoms with Gasteiger partial charge in [-0.15, -0.1) is 0 Å². The average molecular weight is 311 g/mol. The van der Waals surface area contributed by atoms with Gasteiger partial charge >= 0.3 is 0 Å². The molecule has 0 unspecified atom stereocenters. The van der Waals surface area contributed by atoms with Crippen molar-refractivity contribution >= 4 is 5.91 Å². The van der Waals surface area contributed by atoms with E-state index in [1.807, 2.05) is 49.4 Å². The molecule has 3 heteroatoms. The number of rotatable bonds is 7. The molecule has 2 aromatic rings. The van der Waals surface area contributed by atoms with Crippen LogP contribution in [-0.4, -0.2) is 12.5 Å². The number of nitrogens with one attached hydrogen (secondary N) is 1. The predicted molar refractivity (Wildman–Crippen MR) is 93.5 cm³/mol. The van der Waals surface area contributed by atoms with Crippen molar-refractivity contribution in [1.29, 1.82) is 0 Å². The van der Waals surface area contributed by atoms with Crippen molar-refractivity contribution < 1.29 is 9.53 Å². The maximum Gasteiger partial charge on any atom is 0.219 e. The highest BCUT2D eigenvalue weighted by molar-refractivity contribution is 5.75. The van der Waals surface area contributed by atoms with Crippen LogP contribution >= 0.6 is 0 Å². The molecule has 2 rings (SSSR count). The number of hydrogen-bond donors (Lipinski definition) is 1. The summed E-state index contributed by atoms with van der Waals surface area (Å²) in [5.41, 5.74) is 2.16. The van der Waals surface area contributed by atoms with Gasteiger partial charge in [-0.05, 0) is 23.3 Å². The highest BCUT2D eigenvalue weighted by Gasteiger charge is 2.21. The Morgan fingerprint density at radius 3 is 2.52 bits per heavy atom. The van der Waals surface area contributed by atoms with Gasteiger partial charge in [0.15, 0.2) is 0 Å². The van der Waals surface area contributed by atoms with Crippen molar-refractivity contribution in [3.05, 3.63) is 65.7 Å². The summed E-state index contributed by atoms with van der Waals surface area (Å²) in [6.07, 6.45) is 0.510. The van der Waals surface area contributed by atoms with E-state index in [4.69, 9.17) is 4.74 Å². The highest BCUT2D eigenvalue weighted by Crippen LogP contribution is 2.26. The second-order valence-corrected chi connectivity index (χ2v) is 6.32. The quantitative estimate of drug-likeness (QED) is 0.837. The molecule has 3 nitrogen and oxygen atoms in total. The molecule has 0 spiro atoms. The molecule has 23 heavy (non-hydrogen) atoms. The van der Waals surface area contributed by atoms with Crippen LogP contribution in [-0.2, 0) is 16.8 Å². The first-order chi connectivity index (χ1) is 11.0. The monoisotopic (exact) mass is 311 g/mol. The molecule has 0 aliphatic rings. The molecule has 1 amide bonds. The van der Waals surface area contributed by atoms with Crippen molar-refractivity contribution in [2.75, 3.05) is 6.54 Å². The Morgan fingerprint density at radius 1 is 1.09 bits per heavy atom. The van der Waals surface area contributed by atoms with E-state index in [1.54, 1.807) is 0 Å². The number of carbonyl (C=O) groups is 1. The summed E-state index contributed by atoms with van der Waals surface area (Å²) in [6, 6.07) is 18.2. The minimum atomic E-state index is -0.142. The summed E-state index contributed by atoms with van der Waals surface area (Å²) in [5.74, 6) is 0.927. The Morgan fingerprint density at radius 2 is 1.83 bits per heavy atom. The van der Waals surface area contributed by atoms with Gasteiger partial charge in [0, 0.05) is 18.4 Å². The number of hydrogen-bond acceptors (Lipinski definition) is 2. The topological polar surface area (TPSA) is 38.3 Å². The van der Waals surface area contributed by atoms with Gasteiger partial charge in [0.2, 0.25) is 5.91 Å². The molecule has 0 fully saturated rings. The Labute approximate surface area is 138 Å². The third-order valence-electron chi connectivity index (χ3n) is 3.91. The van der Waals surface area contributed by atoms with E-state index in [0.717, 1.165) is 16.9 Å². The molecule has 0 bridgehead atoms. The summed E-state index contributed by atoms with van der Waals surface area (Å²) in [4.78, 5) is 11.5. The summed E-state index contributed by atoms with van der Waals surface area (Å²) in [5, 5.41) is 2.97. The van der Waals surface area contributed by atoms with E-state index in [9.17, 15) is 4.79 Å². The number of ether oxygens (including phenoxy) is 1. The van der Waals surface area contributed by atoms with Gasteiger partial charge in [-0.25, -0.2) is 0 Å². The molecule has 0 radical (unpaired) electrons. The van der Waals surface area contributed by atoms with Crippen LogP contribution in [0, 0.1) is 0 Å². The Bertz CT molecular complexity index is 635. The molecular formula is C20H25NO2. The van der Waals surface area contributed by atoms with E-state index in [2.05, 4.69) is 31.3 Å². The molecule has 2 aromatic carbocycles. The Balaban J connectivity index is 2.02. The summed E-state index contributed by atoms with van der Waals surface area (Å²) in [6.45, 7) is 7.28. The molecule has 122 valence electrons. The molecule has 1 N–H and O–H groups in total. The summed E-state index contributed by atoms with van der Waals surface area (Å²) in [7, 11) is 0. The number of amides is 1. The van der Waals surface area contributed by atoms with Crippen LogP contribution in [0.1, 0.15) is 38.3 Å². The smallest absolute Gasteiger partial charge is 0.219 e. The van der Waals surface area contributed by atoms with Crippen molar-refractivity contribution in [2.45, 2.75) is 39.2 Å². The largest absolute Gasteiger partial charge is 0.489 e. The van der Waals surface area contributed by atoms with Crippen LogP contribution in [0.4, 0.5) is 0 Å². The maximum atomic E-state index is 11.5. The zero-order valence-corrected chi connectivity index (χ0v) is 14.1. The van der Waals surface area contributed by atoms with Crippen molar-refractivity contribution in [3.8, 4) is 5.75 Å². The van der Waals surface area contributed by atoms with Crippen LogP contribution in [0.15, 0.2) is 54.6 Å². The first-order valence-corrected chi connectivity index (χ1v) is 8.05. The third-order valence-corrected chi connectivity index (χ3v) is 3.91. The molecular weight excluding hydrogens is 286 g/mol. The lowest BCUT2D eigenvalue weighted by molar-refractivity contribution is -0.121. The van der Waals surface area contributed by atoms with E-state index < -0.39 is 0 Å². The van der Waals surface area contributed by atoms with E-state index in [-0.39, 0.29) is 11.3 Å². The van der Waals surface area contributed by atoms with Crippen LogP contribution in [0.2, 0.25) is 0 Å². The lowest BCUT2D eigenvalue weighted by Gasteiger charge is -2.26. The second-order valence-electron chi connectivity index (χ2n) is 6.32. The van der Waals surface area contributed by atoms with Gasteiger partial charge in [0.1, 0.15) is 12.4 Å². The standard InChI is InChI=1S/C20H25NO2/c1-4-19(22)21-15-20(2,3)17-11-8-12-18(13-17)23-14-16-9-6-5-7-10-16/h5-13H,4,14-15H2,1-3H3,(H,21,22). The second kappa shape index (κ2) is 7.82. The van der Waals surface area contributed by atoms with Crippen LogP contribution in [0.3, 0.4) is 0 Å². The first-order valence-electron chi connectivity index (χ1n) is 8.05. The maximum absolute atomic E-state index is 11.5. The zero-order chi connectivity index (χ0) is 16.7. The molecule has 0 aliphatic carbocycles. The molecule has 0 saturated heterocycles. The lowest BCUT2D eigenvalue weighted by Crippen LogP contribution is -2.36. The van der Waals surface area contributed by atoms with Gasteiger partial charge in [0.25, 0.3) is 0 Å². The zero-order valence-electron chi connectivity index (χ0n) is 14.1. The SMILES string of the molecule is CCC(=O)NCC(C)(C)c1cccc(OCc2ccccc2)c1. The molecule has 0 aliphatic heterocycles. The Kier molecular flexibility index (Phi) is 5.80. The van der Waals surface area contributed by atoms with Crippen LogP contribution < -0.4 is 10.1 Å². The fourth-order valence-electron chi connectivity index (χ4n) is 2.29. The van der Waals surface area contributed by atoms with Gasteiger partial charge in [-0.1, -0.05) is 63.2 Å². The third kappa shape index (κ3) is 5.13. The fraction of sp³-hybridized carbons (Fsp3) is 0.350. The van der Waals surface area contributed by atoms with Crippen molar-refractivity contribution in [3.63, 3.8) is 0 Å². The number of benzene rings is 2. The minimum absolute atomic E-state index is 0.0783. The van der Waals surface area contributed by atoms with E-state index in [0.29, 0.717) is 19.6 Å². The van der Waals surface area contributed by atoms with Crippen molar-refractivity contribution in [1.82, 2.24) is 5.32 Å². The van der Waals surface area contributed by atoms with Gasteiger partial charge in [-0.2, -0.15) is 0 Å². The minimum Gasteiger partial charge on any atom is -0.489 e. The van der Waals surface area contributed by atoms with Gasteiger partial charge in [-0.3, -0.25) is 4.79 Å².